The van der Waals surface area contributed by atoms with Gasteiger partial charge in [0.1, 0.15) is 11.4 Å². The van der Waals surface area contributed by atoms with E-state index in [-0.39, 0.29) is 5.69 Å². The molecule has 0 spiro atoms. The van der Waals surface area contributed by atoms with Gasteiger partial charge in [0.25, 0.3) is 0 Å². The van der Waals surface area contributed by atoms with Crippen LogP contribution in [0.2, 0.25) is 0 Å². The molecule has 0 aliphatic rings. The number of amides is 1. The van der Waals surface area contributed by atoms with Crippen LogP contribution < -0.4 is 10.1 Å². The molecule has 0 radical (unpaired) electrons. The topological polar surface area (TPSA) is 98.2 Å². The second-order valence-electron chi connectivity index (χ2n) is 6.63. The zero-order chi connectivity index (χ0) is 23.4. The van der Waals surface area contributed by atoms with Crippen molar-refractivity contribution in [2.75, 3.05) is 18.2 Å². The molecule has 0 aliphatic carbocycles. The predicted octanol–water partition coefficient (Wildman–Crippen LogP) is 3.97. The van der Waals surface area contributed by atoms with Crippen LogP contribution in [0.4, 0.5) is 18.9 Å². The van der Waals surface area contributed by atoms with E-state index < -0.39 is 44.9 Å². The van der Waals surface area contributed by atoms with Crippen LogP contribution in [0, 0.1) is 0 Å². The van der Waals surface area contributed by atoms with Crippen molar-refractivity contribution in [2.24, 2.45) is 0 Å². The number of benzene rings is 2. The fraction of sp³-hybridized carbons (Fsp3) is 0.190. The Morgan fingerprint density at radius 3 is 2.28 bits per heavy atom. The van der Waals surface area contributed by atoms with Gasteiger partial charge in [-0.1, -0.05) is 30.3 Å². The largest absolute Gasteiger partial charge is 0.497 e. The second kappa shape index (κ2) is 9.35. The van der Waals surface area contributed by atoms with Crippen LogP contribution >= 0.6 is 0 Å². The Balaban J connectivity index is 1.81. The summed E-state index contributed by atoms with van der Waals surface area (Å²) in [5.74, 6) is -0.819. The molecule has 0 saturated heterocycles. The van der Waals surface area contributed by atoms with E-state index in [1.807, 2.05) is 0 Å². The molecule has 3 rings (SSSR count). The summed E-state index contributed by atoms with van der Waals surface area (Å²) >= 11 is 0. The fourth-order valence-electron chi connectivity index (χ4n) is 2.68. The zero-order valence-corrected chi connectivity index (χ0v) is 17.6. The Labute approximate surface area is 182 Å². The number of methoxy groups -OCH3 is 1. The summed E-state index contributed by atoms with van der Waals surface area (Å²) in [5, 5.41) is 1.53. The highest BCUT2D eigenvalue weighted by molar-refractivity contribution is 7.91. The fourth-order valence-corrected chi connectivity index (χ4v) is 3.79. The molecule has 0 aliphatic heterocycles. The summed E-state index contributed by atoms with van der Waals surface area (Å²) in [7, 11) is -2.89. The van der Waals surface area contributed by atoms with Crippen molar-refractivity contribution in [3.63, 3.8) is 0 Å². The van der Waals surface area contributed by atoms with Crippen molar-refractivity contribution < 1.29 is 31.1 Å². The van der Waals surface area contributed by atoms with Gasteiger partial charge >= 0.3 is 6.18 Å². The number of hydrogen-bond donors (Lipinski definition) is 1. The Hall–Kier alpha value is -3.47. The van der Waals surface area contributed by atoms with Crippen LogP contribution in [0.15, 0.2) is 65.8 Å². The van der Waals surface area contributed by atoms with Gasteiger partial charge in [-0.05, 0) is 30.3 Å². The molecule has 1 amide bonds. The number of sulfone groups is 1. The third kappa shape index (κ3) is 5.82. The Morgan fingerprint density at radius 2 is 1.69 bits per heavy atom. The Morgan fingerprint density at radius 1 is 1.03 bits per heavy atom. The average molecular weight is 465 g/mol. The normalized spacial score (nSPS) is 11.8. The van der Waals surface area contributed by atoms with E-state index in [2.05, 4.69) is 15.3 Å². The summed E-state index contributed by atoms with van der Waals surface area (Å²) < 4.78 is 70.2. The van der Waals surface area contributed by atoms with Gasteiger partial charge in [0.05, 0.1) is 18.6 Å². The first kappa shape index (κ1) is 23.2. The Kier molecular flexibility index (Phi) is 6.78. The third-order valence-electron chi connectivity index (χ3n) is 4.32. The molecule has 11 heteroatoms. The standard InChI is InChI=1S/C21H18F3N3O4S/c1-31-16-9-7-15(8-10-16)25-19(28)11-12-32(29,30)20-26-17(14-5-3-2-4-6-14)13-18(27-20)21(22,23)24/h2-10,13H,11-12H2,1H3,(H,25,28). The van der Waals surface area contributed by atoms with Gasteiger partial charge < -0.3 is 10.1 Å². The minimum absolute atomic E-state index is 0.186. The highest BCUT2D eigenvalue weighted by atomic mass is 32.2. The molecule has 7 nitrogen and oxygen atoms in total. The quantitative estimate of drug-likeness (QED) is 0.530. The molecule has 0 unspecified atom stereocenters. The van der Waals surface area contributed by atoms with Crippen molar-refractivity contribution in [1.29, 1.82) is 0 Å². The average Bonchev–Trinajstić information content (AvgIpc) is 2.78. The van der Waals surface area contributed by atoms with Crippen LogP contribution in [0.3, 0.4) is 0 Å². The van der Waals surface area contributed by atoms with Gasteiger partial charge in [0.15, 0.2) is 0 Å². The van der Waals surface area contributed by atoms with Crippen LogP contribution in [0.5, 0.6) is 5.75 Å². The maximum atomic E-state index is 13.3. The van der Waals surface area contributed by atoms with E-state index in [0.717, 1.165) is 0 Å². The van der Waals surface area contributed by atoms with E-state index >= 15 is 0 Å². The van der Waals surface area contributed by atoms with Crippen LogP contribution in [0.25, 0.3) is 11.3 Å². The second-order valence-corrected chi connectivity index (χ2v) is 8.63. The molecule has 0 fully saturated rings. The van der Waals surface area contributed by atoms with E-state index in [0.29, 0.717) is 23.1 Å². The first-order chi connectivity index (χ1) is 15.1. The molecule has 1 N–H and O–H groups in total. The van der Waals surface area contributed by atoms with Crippen molar-refractivity contribution >= 4 is 21.4 Å². The van der Waals surface area contributed by atoms with Crippen molar-refractivity contribution in [1.82, 2.24) is 9.97 Å². The smallest absolute Gasteiger partial charge is 0.433 e. The van der Waals surface area contributed by atoms with Gasteiger partial charge in [0.2, 0.25) is 20.9 Å². The van der Waals surface area contributed by atoms with Gasteiger partial charge in [0, 0.05) is 17.7 Å². The van der Waals surface area contributed by atoms with E-state index in [1.54, 1.807) is 42.5 Å². The number of rotatable bonds is 7. The van der Waals surface area contributed by atoms with Crippen LogP contribution in [-0.2, 0) is 20.8 Å². The van der Waals surface area contributed by atoms with Crippen LogP contribution in [-0.4, -0.2) is 37.2 Å². The summed E-state index contributed by atoms with van der Waals surface area (Å²) in [4.78, 5) is 19.2. The highest BCUT2D eigenvalue weighted by Gasteiger charge is 2.35. The zero-order valence-electron chi connectivity index (χ0n) is 16.8. The number of hydrogen-bond acceptors (Lipinski definition) is 6. The van der Waals surface area contributed by atoms with Crippen LogP contribution in [0.1, 0.15) is 12.1 Å². The molecule has 168 valence electrons. The number of carbonyl (C=O) groups is 1. The van der Waals surface area contributed by atoms with Gasteiger partial charge in [-0.15, -0.1) is 0 Å². The summed E-state index contributed by atoms with van der Waals surface area (Å²) in [6, 6.07) is 14.9. The first-order valence-electron chi connectivity index (χ1n) is 9.27. The van der Waals surface area contributed by atoms with Crippen molar-refractivity contribution in [3.05, 3.63) is 66.4 Å². The van der Waals surface area contributed by atoms with Gasteiger partial charge in [-0.2, -0.15) is 13.2 Å². The van der Waals surface area contributed by atoms with E-state index in [9.17, 15) is 26.4 Å². The third-order valence-corrected chi connectivity index (χ3v) is 5.80. The number of nitrogens with zero attached hydrogens (tertiary/aromatic N) is 2. The molecule has 0 atom stereocenters. The molecular formula is C21H18F3N3O4S. The molecule has 32 heavy (non-hydrogen) atoms. The van der Waals surface area contributed by atoms with E-state index in [1.165, 1.54) is 19.2 Å². The minimum Gasteiger partial charge on any atom is -0.497 e. The maximum absolute atomic E-state index is 13.3. The number of alkyl halides is 3. The Bertz CT molecular complexity index is 1200. The lowest BCUT2D eigenvalue weighted by Gasteiger charge is -2.11. The summed E-state index contributed by atoms with van der Waals surface area (Å²) in [5.41, 5.74) is -0.856. The van der Waals surface area contributed by atoms with Crippen molar-refractivity contribution in [2.45, 2.75) is 17.8 Å². The maximum Gasteiger partial charge on any atom is 0.433 e. The molecular weight excluding hydrogens is 447 g/mol. The molecule has 3 aromatic rings. The highest BCUT2D eigenvalue weighted by Crippen LogP contribution is 2.31. The first-order valence-corrected chi connectivity index (χ1v) is 10.9. The lowest BCUT2D eigenvalue weighted by molar-refractivity contribution is -0.141. The SMILES string of the molecule is COc1ccc(NC(=O)CCS(=O)(=O)c2nc(-c3ccccc3)cc(C(F)(F)F)n2)cc1. The predicted molar refractivity (Wildman–Crippen MR) is 111 cm³/mol. The minimum atomic E-state index is -4.87. The number of carbonyl (C=O) groups excluding carboxylic acids is 1. The van der Waals surface area contributed by atoms with Gasteiger partial charge in [-0.25, -0.2) is 18.4 Å². The number of anilines is 1. The monoisotopic (exact) mass is 465 g/mol. The summed E-state index contributed by atoms with van der Waals surface area (Å²) in [6.07, 6.45) is -5.36. The molecule has 2 aromatic carbocycles. The number of nitrogens with one attached hydrogen (secondary N) is 1. The lowest BCUT2D eigenvalue weighted by atomic mass is 10.1. The van der Waals surface area contributed by atoms with E-state index in [4.69, 9.17) is 4.74 Å². The lowest BCUT2D eigenvalue weighted by Crippen LogP contribution is -2.20. The number of aromatic nitrogens is 2. The van der Waals surface area contributed by atoms with Crippen molar-refractivity contribution in [3.8, 4) is 17.0 Å². The molecule has 1 aromatic heterocycles. The molecule has 0 saturated carbocycles. The summed E-state index contributed by atoms with van der Waals surface area (Å²) in [6.45, 7) is 0. The van der Waals surface area contributed by atoms with Gasteiger partial charge in [-0.3, -0.25) is 4.79 Å². The number of ether oxygens (including phenoxy) is 1. The number of halogens is 3. The molecule has 0 bridgehead atoms. The molecule has 1 heterocycles.